The SMILES string of the molecule is COc1cc(Nc2nccc(N3CCCC(C(=O)NCc4cccc(NS(C)(=O)=O)c4)C3)n2)cc(OC)c1OC. The molecule has 1 aromatic heterocycles. The first-order valence-corrected chi connectivity index (χ1v) is 14.6. The topological polar surface area (TPSA) is 144 Å². The summed E-state index contributed by atoms with van der Waals surface area (Å²) in [6.07, 6.45) is 4.37. The van der Waals surface area contributed by atoms with E-state index in [2.05, 4.69) is 30.2 Å². The molecule has 1 aliphatic rings. The number of benzene rings is 2. The third kappa shape index (κ3) is 7.44. The minimum absolute atomic E-state index is 0.0593. The van der Waals surface area contributed by atoms with Gasteiger partial charge in [-0.1, -0.05) is 12.1 Å². The summed E-state index contributed by atoms with van der Waals surface area (Å²) in [6.45, 7) is 1.58. The van der Waals surface area contributed by atoms with Crippen LogP contribution in [0, 0.1) is 5.92 Å². The van der Waals surface area contributed by atoms with Crippen LogP contribution in [-0.4, -0.2) is 65.0 Å². The fourth-order valence-electron chi connectivity index (χ4n) is 4.56. The highest BCUT2D eigenvalue weighted by Crippen LogP contribution is 2.40. The van der Waals surface area contributed by atoms with Crippen molar-refractivity contribution in [3.8, 4) is 17.2 Å². The second-order valence-electron chi connectivity index (χ2n) is 9.36. The molecule has 4 rings (SSSR count). The maximum Gasteiger partial charge on any atom is 0.229 e. The van der Waals surface area contributed by atoms with Gasteiger partial charge >= 0.3 is 0 Å². The Balaban J connectivity index is 1.40. The van der Waals surface area contributed by atoms with Crippen molar-refractivity contribution in [2.75, 3.05) is 55.6 Å². The Labute approximate surface area is 234 Å². The van der Waals surface area contributed by atoms with E-state index in [1.165, 1.54) is 0 Å². The monoisotopic (exact) mass is 570 g/mol. The number of nitrogens with zero attached hydrogens (tertiary/aromatic N) is 3. The van der Waals surface area contributed by atoms with E-state index in [0.717, 1.165) is 31.2 Å². The molecule has 0 radical (unpaired) electrons. The Hall–Kier alpha value is -4.26. The predicted molar refractivity (Wildman–Crippen MR) is 153 cm³/mol. The number of sulfonamides is 1. The van der Waals surface area contributed by atoms with Crippen LogP contribution in [0.15, 0.2) is 48.7 Å². The van der Waals surface area contributed by atoms with Crippen molar-refractivity contribution in [3.05, 3.63) is 54.2 Å². The van der Waals surface area contributed by atoms with Gasteiger partial charge in [0.1, 0.15) is 5.82 Å². The Kier molecular flexibility index (Phi) is 9.15. The summed E-state index contributed by atoms with van der Waals surface area (Å²) in [4.78, 5) is 24.1. The zero-order chi connectivity index (χ0) is 28.7. The Morgan fingerprint density at radius 2 is 1.80 bits per heavy atom. The highest BCUT2D eigenvalue weighted by atomic mass is 32.2. The molecule has 1 amide bonds. The average molecular weight is 571 g/mol. The molecule has 3 N–H and O–H groups in total. The lowest BCUT2D eigenvalue weighted by atomic mass is 9.97. The van der Waals surface area contributed by atoms with Gasteiger partial charge in [-0.3, -0.25) is 9.52 Å². The molecule has 12 nitrogen and oxygen atoms in total. The number of aromatic nitrogens is 2. The van der Waals surface area contributed by atoms with E-state index in [1.54, 1.807) is 57.9 Å². The minimum Gasteiger partial charge on any atom is -0.493 e. The first-order valence-electron chi connectivity index (χ1n) is 12.7. The van der Waals surface area contributed by atoms with Crippen LogP contribution in [0.2, 0.25) is 0 Å². The third-order valence-corrected chi connectivity index (χ3v) is 6.98. The molecule has 1 unspecified atom stereocenters. The summed E-state index contributed by atoms with van der Waals surface area (Å²) in [5.74, 6) is 2.32. The molecule has 0 aliphatic carbocycles. The van der Waals surface area contributed by atoms with Crippen LogP contribution in [0.1, 0.15) is 18.4 Å². The number of amides is 1. The van der Waals surface area contributed by atoms with Gasteiger partial charge in [0, 0.05) is 49.3 Å². The Bertz CT molecular complexity index is 1430. The molecule has 2 aromatic carbocycles. The van der Waals surface area contributed by atoms with Crippen molar-refractivity contribution in [2.45, 2.75) is 19.4 Å². The number of ether oxygens (including phenoxy) is 3. The van der Waals surface area contributed by atoms with Crippen LogP contribution >= 0.6 is 0 Å². The summed E-state index contributed by atoms with van der Waals surface area (Å²) in [5, 5.41) is 6.17. The number of hydrogen-bond acceptors (Lipinski definition) is 10. The highest BCUT2D eigenvalue weighted by molar-refractivity contribution is 7.92. The van der Waals surface area contributed by atoms with E-state index in [1.807, 2.05) is 12.1 Å². The van der Waals surface area contributed by atoms with Crippen LogP contribution in [0.25, 0.3) is 0 Å². The van der Waals surface area contributed by atoms with Gasteiger partial charge < -0.3 is 29.7 Å². The molecule has 0 bridgehead atoms. The van der Waals surface area contributed by atoms with Gasteiger partial charge in [-0.15, -0.1) is 0 Å². The molecule has 0 saturated carbocycles. The molecule has 1 atom stereocenters. The first-order chi connectivity index (χ1) is 19.2. The Morgan fingerprint density at radius 3 is 2.48 bits per heavy atom. The van der Waals surface area contributed by atoms with Crippen LogP contribution < -0.4 is 34.5 Å². The number of carbonyl (C=O) groups excluding carboxylic acids is 1. The summed E-state index contributed by atoms with van der Waals surface area (Å²) in [5.41, 5.74) is 1.92. The molecule has 1 aliphatic heterocycles. The molecule has 214 valence electrons. The van der Waals surface area contributed by atoms with Gasteiger partial charge in [0.15, 0.2) is 11.5 Å². The first kappa shape index (κ1) is 28.7. The fraction of sp³-hybridized carbons (Fsp3) is 0.370. The molecule has 13 heteroatoms. The van der Waals surface area contributed by atoms with Gasteiger partial charge in [0.25, 0.3) is 0 Å². The molecule has 1 saturated heterocycles. The van der Waals surface area contributed by atoms with Crippen molar-refractivity contribution in [1.29, 1.82) is 0 Å². The number of anilines is 4. The molecular formula is C27H34N6O6S. The number of methoxy groups -OCH3 is 3. The second kappa shape index (κ2) is 12.7. The van der Waals surface area contributed by atoms with Gasteiger partial charge in [-0.05, 0) is 36.6 Å². The molecule has 1 fully saturated rings. The Morgan fingerprint density at radius 1 is 1.05 bits per heavy atom. The number of piperidine rings is 1. The fourth-order valence-corrected chi connectivity index (χ4v) is 5.11. The van der Waals surface area contributed by atoms with Gasteiger partial charge in [0.05, 0.1) is 33.5 Å². The van der Waals surface area contributed by atoms with E-state index >= 15 is 0 Å². The van der Waals surface area contributed by atoms with E-state index in [0.29, 0.717) is 53.5 Å². The molecule has 2 heterocycles. The largest absolute Gasteiger partial charge is 0.493 e. The van der Waals surface area contributed by atoms with E-state index in [9.17, 15) is 13.2 Å². The van der Waals surface area contributed by atoms with Crippen molar-refractivity contribution in [2.24, 2.45) is 5.92 Å². The minimum atomic E-state index is -3.38. The predicted octanol–water partition coefficient (Wildman–Crippen LogP) is 3.15. The van der Waals surface area contributed by atoms with Crippen LogP contribution in [0.4, 0.5) is 23.1 Å². The van der Waals surface area contributed by atoms with E-state index < -0.39 is 10.0 Å². The lowest BCUT2D eigenvalue weighted by molar-refractivity contribution is -0.125. The lowest BCUT2D eigenvalue weighted by Crippen LogP contribution is -2.43. The van der Waals surface area contributed by atoms with Crippen molar-refractivity contribution < 1.29 is 27.4 Å². The quantitative estimate of drug-likeness (QED) is 0.314. The summed E-state index contributed by atoms with van der Waals surface area (Å²) in [7, 11) is 1.27. The molecular weight excluding hydrogens is 536 g/mol. The highest BCUT2D eigenvalue weighted by Gasteiger charge is 2.27. The maximum absolute atomic E-state index is 13.0. The summed E-state index contributed by atoms with van der Waals surface area (Å²) >= 11 is 0. The van der Waals surface area contributed by atoms with Crippen LogP contribution in [0.3, 0.4) is 0 Å². The number of rotatable bonds is 11. The smallest absolute Gasteiger partial charge is 0.229 e. The van der Waals surface area contributed by atoms with Crippen molar-refractivity contribution >= 4 is 39.1 Å². The van der Waals surface area contributed by atoms with Crippen molar-refractivity contribution in [3.63, 3.8) is 0 Å². The second-order valence-corrected chi connectivity index (χ2v) is 11.1. The van der Waals surface area contributed by atoms with Gasteiger partial charge in [-0.25, -0.2) is 13.4 Å². The maximum atomic E-state index is 13.0. The summed E-state index contributed by atoms with van der Waals surface area (Å²) < 4.78 is 41.7. The lowest BCUT2D eigenvalue weighted by Gasteiger charge is -2.33. The molecule has 3 aromatic rings. The van der Waals surface area contributed by atoms with E-state index in [4.69, 9.17) is 14.2 Å². The molecule has 40 heavy (non-hydrogen) atoms. The zero-order valence-electron chi connectivity index (χ0n) is 22.9. The third-order valence-electron chi connectivity index (χ3n) is 6.37. The number of nitrogens with one attached hydrogen (secondary N) is 3. The van der Waals surface area contributed by atoms with Gasteiger partial charge in [-0.2, -0.15) is 4.98 Å². The standard InChI is InChI=1S/C27H34N6O6S/c1-37-22-14-21(15-23(38-2)25(22)39-3)30-27-28-11-10-24(31-27)33-12-6-8-19(17-33)26(34)29-16-18-7-5-9-20(13-18)32-40(4,35)36/h5,7,9-11,13-15,19,32H,6,8,12,16-17H2,1-4H3,(H,29,34)(H,28,30,31). The normalized spacial score (nSPS) is 15.2. The average Bonchev–Trinajstić information content (AvgIpc) is 2.94. The van der Waals surface area contributed by atoms with Crippen LogP contribution in [-0.2, 0) is 21.4 Å². The summed E-state index contributed by atoms with van der Waals surface area (Å²) in [6, 6.07) is 12.3. The van der Waals surface area contributed by atoms with E-state index in [-0.39, 0.29) is 11.8 Å². The number of carbonyl (C=O) groups is 1. The zero-order valence-corrected chi connectivity index (χ0v) is 23.7. The number of hydrogen-bond donors (Lipinski definition) is 3. The van der Waals surface area contributed by atoms with Gasteiger partial charge in [0.2, 0.25) is 27.6 Å². The van der Waals surface area contributed by atoms with Crippen molar-refractivity contribution in [1.82, 2.24) is 15.3 Å². The van der Waals surface area contributed by atoms with Crippen LogP contribution in [0.5, 0.6) is 17.2 Å². The molecule has 0 spiro atoms.